The fraction of sp³-hybridized carbons (Fsp3) is 0.111. The maximum Gasteiger partial charge on any atom is 0.255 e. The van der Waals surface area contributed by atoms with Gasteiger partial charge in [-0.25, -0.2) is 26.6 Å². The van der Waals surface area contributed by atoms with Gasteiger partial charge in [-0.1, -0.05) is 0 Å². The van der Waals surface area contributed by atoms with Crippen molar-refractivity contribution >= 4 is 27.3 Å². The van der Waals surface area contributed by atoms with Gasteiger partial charge in [0.1, 0.15) is 11.1 Å². The Morgan fingerprint density at radius 2 is 1.87 bits per heavy atom. The topological polar surface area (TPSA) is 105 Å². The lowest BCUT2D eigenvalue weighted by Crippen LogP contribution is -2.39. The second-order valence-electron chi connectivity index (χ2n) is 6.55. The van der Waals surface area contributed by atoms with Crippen LogP contribution in [0.25, 0.3) is 0 Å². The molecule has 3 N–H and O–H groups in total. The van der Waals surface area contributed by atoms with Crippen LogP contribution in [-0.4, -0.2) is 23.9 Å². The molecule has 156 valence electrons. The average molecular weight is 437 g/mol. The van der Waals surface area contributed by atoms with Gasteiger partial charge in [0.05, 0.1) is 23.9 Å². The zero-order chi connectivity index (χ0) is 21.6. The number of benzene rings is 2. The van der Waals surface area contributed by atoms with Crippen molar-refractivity contribution in [2.45, 2.75) is 11.1 Å². The van der Waals surface area contributed by atoms with Crippen molar-refractivity contribution in [3.8, 4) is 0 Å². The Balaban J connectivity index is 1.63. The summed E-state index contributed by atoms with van der Waals surface area (Å²) in [6.45, 7) is 0. The van der Waals surface area contributed by atoms with E-state index in [2.05, 4.69) is 20.3 Å². The van der Waals surface area contributed by atoms with Crippen molar-refractivity contribution in [1.82, 2.24) is 14.3 Å². The Labute approximate surface area is 168 Å². The third kappa shape index (κ3) is 3.50. The summed E-state index contributed by atoms with van der Waals surface area (Å²) in [6, 6.07) is 5.10. The maximum atomic E-state index is 13.3. The molecule has 8 nitrogen and oxygen atoms in total. The van der Waals surface area contributed by atoms with Gasteiger partial charge in [0.15, 0.2) is 17.5 Å². The summed E-state index contributed by atoms with van der Waals surface area (Å²) in [5.41, 5.74) is 0.441. The first-order valence-corrected chi connectivity index (χ1v) is 9.99. The summed E-state index contributed by atoms with van der Waals surface area (Å²) in [4.78, 5) is 16.2. The molecule has 4 rings (SSSR count). The van der Waals surface area contributed by atoms with E-state index in [1.807, 2.05) is 0 Å². The van der Waals surface area contributed by atoms with E-state index in [9.17, 15) is 26.4 Å². The quantitative estimate of drug-likeness (QED) is 0.546. The lowest BCUT2D eigenvalue weighted by atomic mass is 10.1. The number of rotatable bonds is 3. The standard InChI is InChI=1S/C18H14F3N5O3S/c1-26-8-22-7-14(26)17-24-13-3-2-9(4-15(13)30(28,29)25-17)18(27)23-10-5-11(19)16(21)12(20)6-10/h2-8,17,24-25H,1H3,(H,23,27). The lowest BCUT2D eigenvalue weighted by molar-refractivity contribution is 0.102. The van der Waals surface area contributed by atoms with Crippen LogP contribution >= 0.6 is 0 Å². The van der Waals surface area contributed by atoms with E-state index in [1.165, 1.54) is 24.7 Å². The van der Waals surface area contributed by atoms with Crippen LogP contribution in [0.15, 0.2) is 47.8 Å². The van der Waals surface area contributed by atoms with Crippen LogP contribution in [0.3, 0.4) is 0 Å². The van der Waals surface area contributed by atoms with E-state index in [0.29, 0.717) is 17.8 Å². The maximum absolute atomic E-state index is 13.3. The monoisotopic (exact) mass is 437 g/mol. The molecule has 0 bridgehead atoms. The number of nitrogens with one attached hydrogen (secondary N) is 3. The number of aromatic nitrogens is 2. The number of sulfonamides is 1. The molecule has 3 aromatic rings. The van der Waals surface area contributed by atoms with Gasteiger partial charge in [-0.05, 0) is 18.2 Å². The highest BCUT2D eigenvalue weighted by atomic mass is 32.2. The molecular formula is C18H14F3N5O3S. The predicted molar refractivity (Wildman–Crippen MR) is 101 cm³/mol. The molecule has 1 aromatic heterocycles. The summed E-state index contributed by atoms with van der Waals surface area (Å²) in [5.74, 6) is -5.42. The van der Waals surface area contributed by atoms with Crippen molar-refractivity contribution in [3.63, 3.8) is 0 Å². The van der Waals surface area contributed by atoms with Gasteiger partial charge < -0.3 is 15.2 Å². The Kier molecular flexibility index (Phi) is 4.74. The number of carbonyl (C=O) groups excluding carboxylic acids is 1. The summed E-state index contributed by atoms with van der Waals surface area (Å²) in [5, 5.41) is 5.22. The molecule has 0 radical (unpaired) electrons. The number of aryl methyl sites for hydroxylation is 1. The molecule has 1 amide bonds. The summed E-state index contributed by atoms with van der Waals surface area (Å²) >= 11 is 0. The highest BCUT2D eigenvalue weighted by Crippen LogP contribution is 2.32. The zero-order valence-electron chi connectivity index (χ0n) is 15.3. The van der Waals surface area contributed by atoms with Crippen LogP contribution in [0.2, 0.25) is 0 Å². The van der Waals surface area contributed by atoms with Crippen LogP contribution in [0.5, 0.6) is 0 Å². The van der Waals surface area contributed by atoms with Crippen LogP contribution in [-0.2, 0) is 17.1 Å². The minimum absolute atomic E-state index is 0.0787. The van der Waals surface area contributed by atoms with E-state index in [1.54, 1.807) is 11.6 Å². The number of halogens is 3. The number of hydrogen-bond acceptors (Lipinski definition) is 5. The third-order valence-electron chi connectivity index (χ3n) is 4.50. The molecule has 1 aliphatic rings. The van der Waals surface area contributed by atoms with Crippen LogP contribution < -0.4 is 15.4 Å². The molecule has 1 atom stereocenters. The predicted octanol–water partition coefficient (Wildman–Crippen LogP) is 2.49. The van der Waals surface area contributed by atoms with E-state index >= 15 is 0 Å². The van der Waals surface area contributed by atoms with Crippen molar-refractivity contribution in [3.05, 3.63) is 71.6 Å². The molecule has 0 saturated heterocycles. The molecule has 0 fully saturated rings. The minimum atomic E-state index is -3.99. The van der Waals surface area contributed by atoms with E-state index in [0.717, 1.165) is 6.07 Å². The van der Waals surface area contributed by atoms with Crippen molar-refractivity contribution in [2.24, 2.45) is 7.05 Å². The number of nitrogens with zero attached hydrogens (tertiary/aromatic N) is 2. The zero-order valence-corrected chi connectivity index (χ0v) is 16.1. The third-order valence-corrected chi connectivity index (χ3v) is 5.96. The first-order chi connectivity index (χ1) is 14.2. The van der Waals surface area contributed by atoms with Crippen molar-refractivity contribution < 1.29 is 26.4 Å². The van der Waals surface area contributed by atoms with E-state index in [-0.39, 0.29) is 21.8 Å². The molecular weight excluding hydrogens is 423 g/mol. The molecule has 0 saturated carbocycles. The van der Waals surface area contributed by atoms with Gasteiger partial charge in [0, 0.05) is 30.4 Å². The van der Waals surface area contributed by atoms with Crippen LogP contribution in [0.1, 0.15) is 22.2 Å². The van der Waals surface area contributed by atoms with E-state index < -0.39 is 39.5 Å². The number of imidazole rings is 1. The first-order valence-electron chi connectivity index (χ1n) is 8.51. The number of hydrogen-bond donors (Lipinski definition) is 3. The highest BCUT2D eigenvalue weighted by Gasteiger charge is 2.32. The van der Waals surface area contributed by atoms with Gasteiger partial charge in [0.25, 0.3) is 5.91 Å². The van der Waals surface area contributed by atoms with Crippen LogP contribution in [0, 0.1) is 17.5 Å². The van der Waals surface area contributed by atoms with Crippen molar-refractivity contribution in [1.29, 1.82) is 0 Å². The fourth-order valence-corrected chi connectivity index (χ4v) is 4.34. The number of carbonyl (C=O) groups is 1. The molecule has 2 aromatic carbocycles. The first kappa shape index (κ1) is 19.9. The number of anilines is 2. The Bertz CT molecular complexity index is 1250. The van der Waals surface area contributed by atoms with Crippen molar-refractivity contribution in [2.75, 3.05) is 10.6 Å². The van der Waals surface area contributed by atoms with E-state index in [4.69, 9.17) is 0 Å². The molecule has 1 aliphatic heterocycles. The van der Waals surface area contributed by atoms with Gasteiger partial charge >= 0.3 is 0 Å². The summed E-state index contributed by atoms with van der Waals surface area (Å²) in [7, 11) is -2.27. The molecule has 2 heterocycles. The molecule has 0 aliphatic carbocycles. The van der Waals surface area contributed by atoms with Gasteiger partial charge in [-0.2, -0.15) is 4.72 Å². The number of fused-ring (bicyclic) bond motifs is 1. The lowest BCUT2D eigenvalue weighted by Gasteiger charge is -2.28. The largest absolute Gasteiger partial charge is 0.363 e. The average Bonchev–Trinajstić information content (AvgIpc) is 3.11. The van der Waals surface area contributed by atoms with Crippen LogP contribution in [0.4, 0.5) is 24.5 Å². The minimum Gasteiger partial charge on any atom is -0.363 e. The fourth-order valence-electron chi connectivity index (χ4n) is 3.02. The summed E-state index contributed by atoms with van der Waals surface area (Å²) < 4.78 is 69.2. The Morgan fingerprint density at radius 3 is 2.50 bits per heavy atom. The number of amides is 1. The van der Waals surface area contributed by atoms with Gasteiger partial charge in [-0.15, -0.1) is 0 Å². The smallest absolute Gasteiger partial charge is 0.255 e. The molecule has 12 heteroatoms. The Morgan fingerprint density at radius 1 is 1.17 bits per heavy atom. The van der Waals surface area contributed by atoms with Gasteiger partial charge in [-0.3, -0.25) is 4.79 Å². The second kappa shape index (κ2) is 7.15. The second-order valence-corrected chi connectivity index (χ2v) is 8.23. The molecule has 1 unspecified atom stereocenters. The highest BCUT2D eigenvalue weighted by molar-refractivity contribution is 7.89. The normalized spacial score (nSPS) is 17.1. The SMILES string of the molecule is Cn1cncc1C1Nc2ccc(C(=O)Nc3cc(F)c(F)c(F)c3)cc2S(=O)(=O)N1. The molecule has 30 heavy (non-hydrogen) atoms. The van der Waals surface area contributed by atoms with Gasteiger partial charge in [0.2, 0.25) is 10.0 Å². The summed E-state index contributed by atoms with van der Waals surface area (Å²) in [6.07, 6.45) is 2.27. The Hall–Kier alpha value is -3.38. The molecule has 0 spiro atoms.